The molecule has 1 aliphatic heterocycles. The van der Waals surface area contributed by atoms with E-state index in [9.17, 15) is 18.0 Å². The normalized spacial score (nSPS) is 16.7. The van der Waals surface area contributed by atoms with Crippen LogP contribution >= 0.6 is 0 Å². The molecule has 1 aromatic rings. The zero-order chi connectivity index (χ0) is 20.2. The van der Waals surface area contributed by atoms with Gasteiger partial charge in [-0.05, 0) is 38.0 Å². The molecule has 0 spiro atoms. The average molecular weight is 396 g/mol. The Morgan fingerprint density at radius 1 is 1.11 bits per heavy atom. The van der Waals surface area contributed by atoms with E-state index in [2.05, 4.69) is 10.6 Å². The Kier molecular flexibility index (Phi) is 6.64. The van der Waals surface area contributed by atoms with Crippen LogP contribution in [-0.2, 0) is 19.6 Å². The lowest BCUT2D eigenvalue weighted by Crippen LogP contribution is -2.42. The lowest BCUT2D eigenvalue weighted by molar-refractivity contribution is -0.123. The van der Waals surface area contributed by atoms with E-state index >= 15 is 0 Å². The highest BCUT2D eigenvalue weighted by Gasteiger charge is 2.30. The van der Waals surface area contributed by atoms with Crippen molar-refractivity contribution in [2.45, 2.75) is 40.5 Å². The minimum Gasteiger partial charge on any atom is -0.326 e. The van der Waals surface area contributed by atoms with Crippen LogP contribution in [0.4, 0.5) is 11.4 Å². The Labute approximate surface area is 161 Å². The van der Waals surface area contributed by atoms with Crippen molar-refractivity contribution in [1.29, 1.82) is 0 Å². The fraction of sp³-hybridized carbons (Fsp3) is 0.579. The summed E-state index contributed by atoms with van der Waals surface area (Å²) >= 11 is 0. The van der Waals surface area contributed by atoms with Crippen molar-refractivity contribution in [1.82, 2.24) is 4.31 Å². The molecule has 1 heterocycles. The fourth-order valence-corrected chi connectivity index (χ4v) is 3.95. The standard InChI is InChI=1S/C19H29N3O4S/c1-5-27(25,26)22-11-9-14(10-12-22)17(23)20-15-7-6-8-16(13-15)21-18(24)19(2,3)4/h6-8,13-14H,5,9-12H2,1-4H3,(H,20,23)(H,21,24). The van der Waals surface area contributed by atoms with E-state index in [-0.39, 0.29) is 23.5 Å². The molecule has 27 heavy (non-hydrogen) atoms. The lowest BCUT2D eigenvalue weighted by Gasteiger charge is -2.30. The zero-order valence-corrected chi connectivity index (χ0v) is 17.2. The maximum atomic E-state index is 12.5. The zero-order valence-electron chi connectivity index (χ0n) is 16.4. The van der Waals surface area contributed by atoms with Crippen LogP contribution < -0.4 is 10.6 Å². The smallest absolute Gasteiger partial charge is 0.229 e. The topological polar surface area (TPSA) is 95.6 Å². The summed E-state index contributed by atoms with van der Waals surface area (Å²) < 4.78 is 25.3. The predicted molar refractivity (Wildman–Crippen MR) is 107 cm³/mol. The fourth-order valence-electron chi connectivity index (χ4n) is 2.82. The monoisotopic (exact) mass is 395 g/mol. The second kappa shape index (κ2) is 8.39. The molecule has 0 radical (unpaired) electrons. The van der Waals surface area contributed by atoms with Crippen LogP contribution in [0.5, 0.6) is 0 Å². The lowest BCUT2D eigenvalue weighted by atomic mass is 9.95. The maximum absolute atomic E-state index is 12.5. The van der Waals surface area contributed by atoms with Gasteiger partial charge in [0, 0.05) is 35.8 Å². The van der Waals surface area contributed by atoms with E-state index in [0.717, 1.165) is 0 Å². The summed E-state index contributed by atoms with van der Waals surface area (Å²) in [4.78, 5) is 24.6. The number of nitrogens with one attached hydrogen (secondary N) is 2. The Morgan fingerprint density at radius 3 is 2.19 bits per heavy atom. The molecule has 0 saturated carbocycles. The van der Waals surface area contributed by atoms with E-state index < -0.39 is 15.4 Å². The number of hydrogen-bond donors (Lipinski definition) is 2. The molecular weight excluding hydrogens is 366 g/mol. The molecule has 1 fully saturated rings. The predicted octanol–water partition coefficient (Wildman–Crippen LogP) is 2.67. The minimum absolute atomic E-state index is 0.0803. The van der Waals surface area contributed by atoms with Crippen molar-refractivity contribution < 1.29 is 18.0 Å². The third kappa shape index (κ3) is 5.77. The molecule has 1 aromatic carbocycles. The van der Waals surface area contributed by atoms with Crippen molar-refractivity contribution in [2.24, 2.45) is 11.3 Å². The third-order valence-corrected chi connectivity index (χ3v) is 6.53. The first-order valence-corrected chi connectivity index (χ1v) is 10.8. The second-order valence-corrected chi connectivity index (χ2v) is 10.1. The van der Waals surface area contributed by atoms with Gasteiger partial charge in [0.15, 0.2) is 0 Å². The van der Waals surface area contributed by atoms with Crippen molar-refractivity contribution in [3.8, 4) is 0 Å². The van der Waals surface area contributed by atoms with E-state index in [1.54, 1.807) is 31.2 Å². The van der Waals surface area contributed by atoms with Crippen molar-refractivity contribution in [3.05, 3.63) is 24.3 Å². The highest BCUT2D eigenvalue weighted by atomic mass is 32.2. The number of carbonyl (C=O) groups is 2. The van der Waals surface area contributed by atoms with E-state index in [4.69, 9.17) is 0 Å². The van der Waals surface area contributed by atoms with Crippen LogP contribution in [0, 0.1) is 11.3 Å². The molecule has 0 unspecified atom stereocenters. The van der Waals surface area contributed by atoms with Gasteiger partial charge < -0.3 is 10.6 Å². The van der Waals surface area contributed by atoms with E-state index in [1.165, 1.54) is 4.31 Å². The maximum Gasteiger partial charge on any atom is 0.229 e. The van der Waals surface area contributed by atoms with Crippen LogP contribution in [0.15, 0.2) is 24.3 Å². The minimum atomic E-state index is -3.20. The summed E-state index contributed by atoms with van der Waals surface area (Å²) in [5.41, 5.74) is 0.721. The van der Waals surface area contributed by atoms with Crippen LogP contribution in [0.3, 0.4) is 0 Å². The molecule has 2 amide bonds. The first kappa shape index (κ1) is 21.4. The van der Waals surface area contributed by atoms with Crippen LogP contribution in [0.2, 0.25) is 0 Å². The van der Waals surface area contributed by atoms with Gasteiger partial charge in [0.1, 0.15) is 0 Å². The number of anilines is 2. The quantitative estimate of drug-likeness (QED) is 0.801. The number of nitrogens with zero attached hydrogens (tertiary/aromatic N) is 1. The Hall–Kier alpha value is -1.93. The molecule has 1 aliphatic rings. The second-order valence-electron chi connectivity index (χ2n) is 7.85. The summed E-state index contributed by atoms with van der Waals surface area (Å²) in [5.74, 6) is -0.365. The highest BCUT2D eigenvalue weighted by Crippen LogP contribution is 2.23. The van der Waals surface area contributed by atoms with Crippen molar-refractivity contribution in [2.75, 3.05) is 29.5 Å². The first-order valence-electron chi connectivity index (χ1n) is 9.23. The summed E-state index contributed by atoms with van der Waals surface area (Å²) in [7, 11) is -3.20. The Bertz CT molecular complexity index is 791. The van der Waals surface area contributed by atoms with Crippen molar-refractivity contribution in [3.63, 3.8) is 0 Å². The number of piperidine rings is 1. The molecule has 0 atom stereocenters. The van der Waals surface area contributed by atoms with Crippen molar-refractivity contribution >= 4 is 33.2 Å². The molecule has 0 bridgehead atoms. The van der Waals surface area contributed by atoms with Gasteiger partial charge >= 0.3 is 0 Å². The molecular formula is C19H29N3O4S. The van der Waals surface area contributed by atoms with Gasteiger partial charge in [-0.2, -0.15) is 0 Å². The number of amides is 2. The van der Waals surface area contributed by atoms with Gasteiger partial charge in [-0.3, -0.25) is 9.59 Å². The molecule has 2 rings (SSSR count). The van der Waals surface area contributed by atoms with Gasteiger partial charge in [0.2, 0.25) is 21.8 Å². The third-order valence-electron chi connectivity index (χ3n) is 4.65. The van der Waals surface area contributed by atoms with Gasteiger partial charge in [-0.1, -0.05) is 26.8 Å². The molecule has 0 aromatic heterocycles. The van der Waals surface area contributed by atoms with E-state index in [1.807, 2.05) is 20.8 Å². The first-order chi connectivity index (χ1) is 12.5. The Morgan fingerprint density at radius 2 is 1.67 bits per heavy atom. The number of sulfonamides is 1. The highest BCUT2D eigenvalue weighted by molar-refractivity contribution is 7.89. The molecule has 1 saturated heterocycles. The van der Waals surface area contributed by atoms with Crippen LogP contribution in [0.1, 0.15) is 40.5 Å². The molecule has 7 nitrogen and oxygen atoms in total. The SMILES string of the molecule is CCS(=O)(=O)N1CCC(C(=O)Nc2cccc(NC(=O)C(C)(C)C)c2)CC1. The summed E-state index contributed by atoms with van der Waals surface area (Å²) in [6, 6.07) is 7.03. The molecule has 150 valence electrons. The van der Waals surface area contributed by atoms with Crippen LogP contribution in [-0.4, -0.2) is 43.4 Å². The van der Waals surface area contributed by atoms with Gasteiger partial charge in [-0.15, -0.1) is 0 Å². The molecule has 8 heteroatoms. The summed E-state index contributed by atoms with van der Waals surface area (Å²) in [5, 5.41) is 5.71. The summed E-state index contributed by atoms with van der Waals surface area (Å²) in [6.45, 7) is 7.86. The number of carbonyl (C=O) groups excluding carboxylic acids is 2. The largest absolute Gasteiger partial charge is 0.326 e. The molecule has 0 aliphatic carbocycles. The summed E-state index contributed by atoms with van der Waals surface area (Å²) in [6.07, 6.45) is 1.01. The number of rotatable bonds is 5. The van der Waals surface area contributed by atoms with E-state index in [0.29, 0.717) is 37.3 Å². The van der Waals surface area contributed by atoms with Gasteiger partial charge in [0.05, 0.1) is 5.75 Å². The average Bonchev–Trinajstić information content (AvgIpc) is 2.61. The number of hydrogen-bond acceptors (Lipinski definition) is 4. The molecule has 2 N–H and O–H groups in total. The van der Waals surface area contributed by atoms with Gasteiger partial charge in [-0.25, -0.2) is 12.7 Å². The number of benzene rings is 1. The Balaban J connectivity index is 1.95. The van der Waals surface area contributed by atoms with Crippen LogP contribution in [0.25, 0.3) is 0 Å². The van der Waals surface area contributed by atoms with Gasteiger partial charge in [0.25, 0.3) is 0 Å².